The van der Waals surface area contributed by atoms with Gasteiger partial charge in [-0.2, -0.15) is 79.0 Å². The van der Waals surface area contributed by atoms with Gasteiger partial charge >= 0.3 is 42.4 Å². The maximum absolute atomic E-state index is 12.5. The first-order chi connectivity index (χ1) is 11.4. The minimum absolute atomic E-state index is 3.33. The molecule has 27 heavy (non-hydrogen) atoms. The van der Waals surface area contributed by atoms with Gasteiger partial charge in [0, 0.05) is 0 Å². The molecule has 0 heterocycles. The third-order valence-electron chi connectivity index (χ3n) is 3.00. The molecule has 0 aliphatic heterocycles. The molecule has 0 unspecified atom stereocenters. The van der Waals surface area contributed by atoms with Crippen molar-refractivity contribution in [3.8, 4) is 0 Å². The van der Waals surface area contributed by atoms with E-state index in [-0.39, 0.29) is 0 Å². The average Bonchev–Trinajstić information content (AvgIpc) is 2.32. The van der Waals surface area contributed by atoms with Gasteiger partial charge in [-0.05, 0) is 0 Å². The summed E-state index contributed by atoms with van der Waals surface area (Å²) in [6, 6.07) is 0. The fraction of sp³-hybridized carbons (Fsp3) is 0.778. The molecular formula is C9F18. The molecule has 0 radical (unpaired) electrons. The molecular weight excluding hydrogens is 450 g/mol. The molecule has 1 aliphatic rings. The van der Waals surface area contributed by atoms with Crippen molar-refractivity contribution in [2.45, 2.75) is 36.3 Å². The monoisotopic (exact) mass is 450 g/mol. The van der Waals surface area contributed by atoms with E-state index >= 15 is 0 Å². The van der Waals surface area contributed by atoms with E-state index in [0.29, 0.717) is 0 Å². The molecule has 0 aromatic heterocycles. The van der Waals surface area contributed by atoms with Crippen LogP contribution in [0.1, 0.15) is 0 Å². The Morgan fingerprint density at radius 3 is 0.815 bits per heavy atom. The summed E-state index contributed by atoms with van der Waals surface area (Å²) in [6.07, 6.45) is -23.5. The van der Waals surface area contributed by atoms with E-state index < -0.39 is 53.6 Å². The van der Waals surface area contributed by atoms with Gasteiger partial charge in [0.2, 0.25) is 0 Å². The predicted molar refractivity (Wildman–Crippen MR) is 45.8 cm³/mol. The number of rotatable bonds is 0. The molecule has 0 amide bonds. The number of hydrogen-bond acceptors (Lipinski definition) is 0. The predicted octanol–water partition coefficient (Wildman–Crippen LogP) is 6.64. The van der Waals surface area contributed by atoms with Gasteiger partial charge in [0.25, 0.3) is 11.2 Å². The largest absolute Gasteiger partial charge is 0.448 e. The smallest absolute Gasteiger partial charge is 0.198 e. The summed E-state index contributed by atoms with van der Waals surface area (Å²) in [5, 5.41) is 0. The highest BCUT2D eigenvalue weighted by molar-refractivity contribution is 5.30. The Morgan fingerprint density at radius 1 is 0.481 bits per heavy atom. The Hall–Kier alpha value is -1.52. The standard InChI is InChI=1S/C6F12.C3F6/c7-2(8)1(5(13,14)15,6(16,17)18)3(9,10)4(2,11)12;4-1(2(5)6)3(7,8)9. The molecule has 0 atom stereocenters. The molecule has 0 aromatic carbocycles. The molecule has 0 nitrogen and oxygen atoms in total. The third kappa shape index (κ3) is 3.17. The van der Waals surface area contributed by atoms with E-state index in [1.807, 2.05) is 0 Å². The lowest BCUT2D eigenvalue weighted by atomic mass is 9.57. The second-order valence-corrected chi connectivity index (χ2v) is 4.54. The molecule has 0 saturated heterocycles. The van der Waals surface area contributed by atoms with Crippen LogP contribution in [0, 0.1) is 5.41 Å². The zero-order chi connectivity index (χ0) is 22.7. The van der Waals surface area contributed by atoms with Crippen LogP contribution >= 0.6 is 0 Å². The molecule has 0 N–H and O–H groups in total. The van der Waals surface area contributed by atoms with Gasteiger partial charge in [-0.1, -0.05) is 0 Å². The molecule has 1 fully saturated rings. The van der Waals surface area contributed by atoms with Crippen molar-refractivity contribution in [3.05, 3.63) is 11.9 Å². The summed E-state index contributed by atoms with van der Waals surface area (Å²) < 4.78 is 211. The summed E-state index contributed by atoms with van der Waals surface area (Å²) in [4.78, 5) is 0. The van der Waals surface area contributed by atoms with Gasteiger partial charge in [0.05, 0.1) is 0 Å². The van der Waals surface area contributed by atoms with Gasteiger partial charge in [0.15, 0.2) is 0 Å². The van der Waals surface area contributed by atoms with E-state index in [1.54, 1.807) is 0 Å². The molecule has 162 valence electrons. The van der Waals surface area contributed by atoms with Gasteiger partial charge in [-0.25, -0.2) is 0 Å². The maximum atomic E-state index is 12.5. The third-order valence-corrected chi connectivity index (χ3v) is 3.00. The summed E-state index contributed by atoms with van der Waals surface area (Å²) in [7, 11) is 0. The maximum Gasteiger partial charge on any atom is 0.448 e. The van der Waals surface area contributed by atoms with Crippen LogP contribution in [0.5, 0.6) is 0 Å². The zero-order valence-electron chi connectivity index (χ0n) is 11.3. The summed E-state index contributed by atoms with van der Waals surface area (Å²) in [5.74, 6) is -24.1. The highest BCUT2D eigenvalue weighted by atomic mass is 19.4. The summed E-state index contributed by atoms with van der Waals surface area (Å²) >= 11 is 0. The van der Waals surface area contributed by atoms with Crippen molar-refractivity contribution in [2.24, 2.45) is 5.41 Å². The van der Waals surface area contributed by atoms with Gasteiger partial charge in [0.1, 0.15) is 0 Å². The first kappa shape index (κ1) is 25.5. The minimum atomic E-state index is -7.31. The molecule has 1 rings (SSSR count). The van der Waals surface area contributed by atoms with E-state index in [4.69, 9.17) is 0 Å². The van der Waals surface area contributed by atoms with Crippen molar-refractivity contribution >= 4 is 0 Å². The quantitative estimate of drug-likeness (QED) is 0.363. The molecule has 18 heteroatoms. The number of halogens is 18. The molecule has 0 spiro atoms. The van der Waals surface area contributed by atoms with E-state index in [2.05, 4.69) is 0 Å². The van der Waals surface area contributed by atoms with Crippen LogP contribution in [0.25, 0.3) is 0 Å². The van der Waals surface area contributed by atoms with Crippen LogP contribution in [0.4, 0.5) is 79.0 Å². The van der Waals surface area contributed by atoms with Crippen molar-refractivity contribution in [2.75, 3.05) is 0 Å². The van der Waals surface area contributed by atoms with Crippen LogP contribution in [0.3, 0.4) is 0 Å². The number of alkyl halides is 15. The second kappa shape index (κ2) is 6.25. The first-order valence-electron chi connectivity index (χ1n) is 5.40. The minimum Gasteiger partial charge on any atom is -0.198 e. The Kier molecular flexibility index (Phi) is 5.90. The van der Waals surface area contributed by atoms with Gasteiger partial charge in [-0.3, -0.25) is 0 Å². The Morgan fingerprint density at radius 2 is 0.741 bits per heavy atom. The van der Waals surface area contributed by atoms with Gasteiger partial charge in [-0.15, -0.1) is 0 Å². The van der Waals surface area contributed by atoms with Crippen molar-refractivity contribution in [1.29, 1.82) is 0 Å². The van der Waals surface area contributed by atoms with E-state index in [0.717, 1.165) is 0 Å². The first-order valence-corrected chi connectivity index (χ1v) is 5.40. The van der Waals surface area contributed by atoms with Crippen LogP contribution in [0.15, 0.2) is 11.9 Å². The molecule has 0 bridgehead atoms. The topological polar surface area (TPSA) is 0 Å². The van der Waals surface area contributed by atoms with E-state index in [1.165, 1.54) is 0 Å². The average molecular weight is 450 g/mol. The number of hydrogen-bond donors (Lipinski definition) is 0. The second-order valence-electron chi connectivity index (χ2n) is 4.54. The lowest BCUT2D eigenvalue weighted by Gasteiger charge is -2.58. The van der Waals surface area contributed by atoms with Gasteiger partial charge < -0.3 is 0 Å². The fourth-order valence-corrected chi connectivity index (χ4v) is 1.78. The molecule has 1 saturated carbocycles. The SMILES string of the molecule is FC(F)(F)C1(C(F)(F)F)C(F)(F)C(F)(F)C1(F)F.FC(F)=C(F)C(F)(F)F. The number of allylic oxidation sites excluding steroid dienone is 1. The summed E-state index contributed by atoms with van der Waals surface area (Å²) in [6.45, 7) is 0. The van der Waals surface area contributed by atoms with Crippen molar-refractivity contribution in [3.63, 3.8) is 0 Å². The lowest BCUT2D eigenvalue weighted by molar-refractivity contribution is -0.574. The zero-order valence-corrected chi connectivity index (χ0v) is 11.3. The Bertz CT molecular complexity index is 543. The van der Waals surface area contributed by atoms with Crippen molar-refractivity contribution < 1.29 is 79.0 Å². The molecule has 1 aliphatic carbocycles. The summed E-state index contributed by atoms with van der Waals surface area (Å²) in [5.41, 5.74) is -7.09. The lowest BCUT2D eigenvalue weighted by Crippen LogP contribution is -2.89. The van der Waals surface area contributed by atoms with Crippen LogP contribution in [-0.2, 0) is 0 Å². The normalized spacial score (nSPS) is 22.9. The molecule has 0 aromatic rings. The Labute approximate surface area is 134 Å². The fourth-order valence-electron chi connectivity index (χ4n) is 1.78. The highest BCUT2D eigenvalue weighted by Crippen LogP contribution is 2.80. The Balaban J connectivity index is 0.000000636. The highest BCUT2D eigenvalue weighted by Gasteiger charge is 3.11. The van der Waals surface area contributed by atoms with Crippen LogP contribution in [0.2, 0.25) is 0 Å². The van der Waals surface area contributed by atoms with Crippen LogP contribution < -0.4 is 0 Å². The van der Waals surface area contributed by atoms with Crippen LogP contribution in [-0.4, -0.2) is 36.3 Å². The van der Waals surface area contributed by atoms with Crippen molar-refractivity contribution in [1.82, 2.24) is 0 Å². The van der Waals surface area contributed by atoms with E-state index in [9.17, 15) is 79.0 Å².